The summed E-state index contributed by atoms with van der Waals surface area (Å²) in [4.78, 5) is 32.3. The van der Waals surface area contributed by atoms with Gasteiger partial charge in [0.1, 0.15) is 11.3 Å². The molecule has 2 aromatic rings. The average molecular weight is 208 g/mol. The van der Waals surface area contributed by atoms with Gasteiger partial charge in [-0.15, -0.1) is 0 Å². The number of nitrogens with one attached hydrogen (secondary N) is 2. The first-order chi connectivity index (χ1) is 7.17. The van der Waals surface area contributed by atoms with Crippen molar-refractivity contribution in [1.29, 1.82) is 0 Å². The summed E-state index contributed by atoms with van der Waals surface area (Å²) in [5.74, 6) is 0.711. The quantitative estimate of drug-likeness (QED) is 0.728. The molecule has 2 aromatic heterocycles. The fourth-order valence-corrected chi connectivity index (χ4v) is 1.55. The Bertz CT molecular complexity index is 605. The number of hydrogen-bond acceptors (Lipinski definition) is 3. The summed E-state index contributed by atoms with van der Waals surface area (Å²) < 4.78 is 1.44. The highest BCUT2D eigenvalue weighted by molar-refractivity contribution is 5.69. The van der Waals surface area contributed by atoms with Gasteiger partial charge in [0.05, 0.1) is 0 Å². The van der Waals surface area contributed by atoms with E-state index in [0.717, 1.165) is 0 Å². The van der Waals surface area contributed by atoms with Crippen LogP contribution in [0.5, 0.6) is 0 Å². The molecule has 15 heavy (non-hydrogen) atoms. The molecular formula is C9H12N4O2. The third kappa shape index (κ3) is 1.38. The molecule has 2 heterocycles. The molecule has 0 aromatic carbocycles. The number of hydrogen-bond donors (Lipinski definition) is 2. The van der Waals surface area contributed by atoms with E-state index >= 15 is 0 Å². The number of aromatic nitrogens is 4. The smallest absolute Gasteiger partial charge is 0.330 e. The van der Waals surface area contributed by atoms with Crippen molar-refractivity contribution in [2.24, 2.45) is 0 Å². The first kappa shape index (κ1) is 9.70. The number of imidazole rings is 1. The van der Waals surface area contributed by atoms with Gasteiger partial charge in [0.15, 0.2) is 5.65 Å². The summed E-state index contributed by atoms with van der Waals surface area (Å²) in [6, 6.07) is 0. The van der Waals surface area contributed by atoms with E-state index in [1.807, 2.05) is 13.8 Å². The van der Waals surface area contributed by atoms with Gasteiger partial charge in [0, 0.05) is 13.0 Å². The largest absolute Gasteiger partial charge is 0.336 e. The Kier molecular flexibility index (Phi) is 2.18. The lowest BCUT2D eigenvalue weighted by Gasteiger charge is -1.99. The van der Waals surface area contributed by atoms with Gasteiger partial charge < -0.3 is 4.98 Å². The first-order valence-electron chi connectivity index (χ1n) is 4.89. The Labute approximate surface area is 85.0 Å². The molecule has 0 aliphatic rings. The van der Waals surface area contributed by atoms with Crippen LogP contribution in [0.1, 0.15) is 19.7 Å². The summed E-state index contributed by atoms with van der Waals surface area (Å²) in [5, 5.41) is 0. The van der Waals surface area contributed by atoms with Crippen molar-refractivity contribution >= 4 is 11.2 Å². The highest BCUT2D eigenvalue weighted by Gasteiger charge is 2.10. The van der Waals surface area contributed by atoms with Crippen LogP contribution in [0.25, 0.3) is 11.2 Å². The predicted molar refractivity (Wildman–Crippen MR) is 56.0 cm³/mol. The molecule has 0 spiro atoms. The summed E-state index contributed by atoms with van der Waals surface area (Å²) >= 11 is 0. The summed E-state index contributed by atoms with van der Waals surface area (Å²) in [5.41, 5.74) is -0.0209. The molecule has 0 unspecified atom stereocenters. The zero-order valence-corrected chi connectivity index (χ0v) is 8.63. The molecule has 0 atom stereocenters. The van der Waals surface area contributed by atoms with Crippen LogP contribution in [0, 0.1) is 0 Å². The van der Waals surface area contributed by atoms with Gasteiger partial charge in [-0.2, -0.15) is 0 Å². The van der Waals surface area contributed by atoms with E-state index in [1.54, 1.807) is 0 Å². The number of nitrogens with zero attached hydrogens (tertiary/aromatic N) is 2. The molecular weight excluding hydrogens is 196 g/mol. The summed E-state index contributed by atoms with van der Waals surface area (Å²) in [6.07, 6.45) is 0.700. The van der Waals surface area contributed by atoms with Gasteiger partial charge in [-0.3, -0.25) is 14.3 Å². The van der Waals surface area contributed by atoms with Crippen molar-refractivity contribution in [3.63, 3.8) is 0 Å². The van der Waals surface area contributed by atoms with E-state index in [2.05, 4.69) is 15.0 Å². The third-order valence-electron chi connectivity index (χ3n) is 2.33. The molecule has 0 fully saturated rings. The van der Waals surface area contributed by atoms with E-state index in [9.17, 15) is 9.59 Å². The van der Waals surface area contributed by atoms with Crippen LogP contribution in [0.15, 0.2) is 9.59 Å². The van der Waals surface area contributed by atoms with Crippen LogP contribution in [0.2, 0.25) is 0 Å². The highest BCUT2D eigenvalue weighted by atomic mass is 16.2. The van der Waals surface area contributed by atoms with Gasteiger partial charge in [-0.25, -0.2) is 9.78 Å². The van der Waals surface area contributed by atoms with E-state index in [1.165, 1.54) is 4.57 Å². The Morgan fingerprint density at radius 3 is 2.60 bits per heavy atom. The van der Waals surface area contributed by atoms with E-state index in [0.29, 0.717) is 30.0 Å². The number of H-pyrrole nitrogens is 2. The molecule has 2 N–H and O–H groups in total. The Morgan fingerprint density at radius 1 is 1.27 bits per heavy atom. The molecule has 0 saturated heterocycles. The fourth-order valence-electron chi connectivity index (χ4n) is 1.55. The van der Waals surface area contributed by atoms with Gasteiger partial charge in [-0.05, 0) is 6.92 Å². The van der Waals surface area contributed by atoms with Crippen molar-refractivity contribution in [3.8, 4) is 0 Å². The standard InChI is InChI=1S/C9H12N4O2/c1-3-5-10-6-7(11-5)13(4-2)9(15)12-8(6)14/h3-4H2,1-2H3,(H,10,11)(H,12,14,15). The molecule has 6 nitrogen and oxygen atoms in total. The van der Waals surface area contributed by atoms with Gasteiger partial charge in [0.2, 0.25) is 0 Å². The molecule has 2 rings (SSSR count). The molecule has 80 valence electrons. The van der Waals surface area contributed by atoms with Crippen LogP contribution in [-0.4, -0.2) is 19.5 Å². The van der Waals surface area contributed by atoms with Crippen molar-refractivity contribution in [2.75, 3.05) is 0 Å². The lowest BCUT2D eigenvalue weighted by Crippen LogP contribution is -2.29. The molecule has 0 aliphatic carbocycles. The number of fused-ring (bicyclic) bond motifs is 1. The van der Waals surface area contributed by atoms with Gasteiger partial charge in [0.25, 0.3) is 5.56 Å². The van der Waals surface area contributed by atoms with E-state index in [4.69, 9.17) is 0 Å². The van der Waals surface area contributed by atoms with Crippen molar-refractivity contribution < 1.29 is 0 Å². The Hall–Kier alpha value is -1.85. The number of aromatic amines is 2. The Morgan fingerprint density at radius 2 is 2.00 bits per heavy atom. The first-order valence-corrected chi connectivity index (χ1v) is 4.89. The zero-order chi connectivity index (χ0) is 11.0. The predicted octanol–water partition coefficient (Wildman–Crippen LogP) is -0.00480. The zero-order valence-electron chi connectivity index (χ0n) is 8.63. The maximum Gasteiger partial charge on any atom is 0.330 e. The third-order valence-corrected chi connectivity index (χ3v) is 2.33. The lowest BCUT2D eigenvalue weighted by atomic mass is 10.5. The second-order valence-electron chi connectivity index (χ2n) is 3.24. The number of aryl methyl sites for hydroxylation is 2. The monoisotopic (exact) mass is 208 g/mol. The maximum atomic E-state index is 11.5. The second-order valence-corrected chi connectivity index (χ2v) is 3.24. The fraction of sp³-hybridized carbons (Fsp3) is 0.444. The molecule has 0 radical (unpaired) electrons. The minimum atomic E-state index is -0.413. The van der Waals surface area contributed by atoms with Crippen LogP contribution >= 0.6 is 0 Å². The van der Waals surface area contributed by atoms with E-state index in [-0.39, 0.29) is 0 Å². The molecule has 0 bridgehead atoms. The molecule has 0 amide bonds. The van der Waals surface area contributed by atoms with Crippen LogP contribution < -0.4 is 11.2 Å². The van der Waals surface area contributed by atoms with Crippen molar-refractivity contribution in [2.45, 2.75) is 26.8 Å². The van der Waals surface area contributed by atoms with Crippen LogP contribution in [0.4, 0.5) is 0 Å². The average Bonchev–Trinajstić information content (AvgIpc) is 2.62. The van der Waals surface area contributed by atoms with Crippen LogP contribution in [-0.2, 0) is 13.0 Å². The summed E-state index contributed by atoms with van der Waals surface area (Å²) in [7, 11) is 0. The minimum absolute atomic E-state index is 0.369. The number of rotatable bonds is 2. The highest BCUT2D eigenvalue weighted by Crippen LogP contribution is 2.04. The lowest BCUT2D eigenvalue weighted by molar-refractivity contribution is 0.719. The van der Waals surface area contributed by atoms with Crippen molar-refractivity contribution in [3.05, 3.63) is 26.7 Å². The molecule has 0 saturated carbocycles. The van der Waals surface area contributed by atoms with Crippen molar-refractivity contribution in [1.82, 2.24) is 19.5 Å². The maximum absolute atomic E-state index is 11.5. The second kappa shape index (κ2) is 3.38. The van der Waals surface area contributed by atoms with Gasteiger partial charge in [-0.1, -0.05) is 6.92 Å². The Balaban J connectivity index is 2.94. The summed E-state index contributed by atoms with van der Waals surface area (Å²) in [6.45, 7) is 4.25. The van der Waals surface area contributed by atoms with E-state index < -0.39 is 11.2 Å². The van der Waals surface area contributed by atoms with Gasteiger partial charge >= 0.3 is 5.69 Å². The normalized spacial score (nSPS) is 11.1. The van der Waals surface area contributed by atoms with Crippen LogP contribution in [0.3, 0.4) is 0 Å². The topological polar surface area (TPSA) is 83.5 Å². The molecule has 0 aliphatic heterocycles. The minimum Gasteiger partial charge on any atom is -0.336 e. The molecule has 6 heteroatoms. The SMILES string of the molecule is CCc1nc2c([nH]1)c(=O)[nH]c(=O)n2CC.